The lowest BCUT2D eigenvalue weighted by molar-refractivity contribution is 0.102. The van der Waals surface area contributed by atoms with E-state index in [2.05, 4.69) is 15.3 Å². The van der Waals surface area contributed by atoms with Gasteiger partial charge in [-0.15, -0.1) is 0 Å². The molecule has 3 rings (SSSR count). The molecule has 0 aliphatic carbocycles. The van der Waals surface area contributed by atoms with Gasteiger partial charge in [-0.3, -0.25) is 10.1 Å². The van der Waals surface area contributed by atoms with Gasteiger partial charge in [-0.2, -0.15) is 0 Å². The van der Waals surface area contributed by atoms with Crippen molar-refractivity contribution in [3.05, 3.63) is 42.1 Å². The number of carbonyl (C=O) groups is 1. The summed E-state index contributed by atoms with van der Waals surface area (Å²) >= 11 is 1.20. The van der Waals surface area contributed by atoms with Gasteiger partial charge in [-0.25, -0.2) is 22.7 Å². The molecule has 1 aromatic carbocycles. The minimum atomic E-state index is -3.55. The zero-order valence-electron chi connectivity index (χ0n) is 15.7. The molecule has 0 unspecified atom stereocenters. The summed E-state index contributed by atoms with van der Waals surface area (Å²) in [6, 6.07) is 7.99. The molecule has 3 aromatic rings. The molecule has 28 heavy (non-hydrogen) atoms. The smallest absolute Gasteiger partial charge is 0.262 e. The van der Waals surface area contributed by atoms with Crippen molar-refractivity contribution in [2.24, 2.45) is 0 Å². The standard InChI is InChI=1S/C18H20N4O4S2/c1-4-22(3)28(24,25)12-8-9-14-15(11-12)27-18(20-14)21-16(23)13-7-6-10-19-17(13)26-5-2/h6-11H,4-5H2,1-3H3,(H,20,21,23). The third-order valence-electron chi connectivity index (χ3n) is 4.03. The maximum Gasteiger partial charge on any atom is 0.262 e. The topological polar surface area (TPSA) is 101 Å². The van der Waals surface area contributed by atoms with Crippen molar-refractivity contribution in [1.82, 2.24) is 14.3 Å². The Morgan fingerprint density at radius 2 is 2.07 bits per heavy atom. The molecule has 10 heteroatoms. The zero-order valence-corrected chi connectivity index (χ0v) is 17.3. The molecular weight excluding hydrogens is 400 g/mol. The second kappa shape index (κ2) is 8.21. The van der Waals surface area contributed by atoms with Gasteiger partial charge < -0.3 is 4.74 Å². The maximum atomic E-state index is 12.6. The Labute approximate surface area is 167 Å². The highest BCUT2D eigenvalue weighted by Crippen LogP contribution is 2.29. The van der Waals surface area contributed by atoms with E-state index in [1.54, 1.807) is 37.4 Å². The van der Waals surface area contributed by atoms with Crippen molar-refractivity contribution in [3.63, 3.8) is 0 Å². The average molecular weight is 421 g/mol. The van der Waals surface area contributed by atoms with Crippen molar-refractivity contribution in [2.45, 2.75) is 18.7 Å². The molecule has 0 bridgehead atoms. The molecule has 0 radical (unpaired) electrons. The fraction of sp³-hybridized carbons (Fsp3) is 0.278. The number of hydrogen-bond acceptors (Lipinski definition) is 7. The van der Waals surface area contributed by atoms with Gasteiger partial charge in [-0.05, 0) is 37.3 Å². The van der Waals surface area contributed by atoms with Gasteiger partial charge in [0.15, 0.2) is 5.13 Å². The van der Waals surface area contributed by atoms with E-state index in [9.17, 15) is 13.2 Å². The number of benzene rings is 1. The van der Waals surface area contributed by atoms with Crippen LogP contribution in [-0.4, -0.2) is 48.8 Å². The average Bonchev–Trinajstić information content (AvgIpc) is 3.09. The van der Waals surface area contributed by atoms with Crippen molar-refractivity contribution in [1.29, 1.82) is 0 Å². The van der Waals surface area contributed by atoms with Crippen LogP contribution in [0, 0.1) is 0 Å². The Morgan fingerprint density at radius 3 is 2.79 bits per heavy atom. The lowest BCUT2D eigenvalue weighted by Gasteiger charge is -2.14. The highest BCUT2D eigenvalue weighted by Gasteiger charge is 2.21. The van der Waals surface area contributed by atoms with Crippen LogP contribution < -0.4 is 10.1 Å². The van der Waals surface area contributed by atoms with Gasteiger partial charge >= 0.3 is 0 Å². The molecule has 0 saturated carbocycles. The summed E-state index contributed by atoms with van der Waals surface area (Å²) in [5.74, 6) is -0.145. The molecule has 148 valence electrons. The number of fused-ring (bicyclic) bond motifs is 1. The summed E-state index contributed by atoms with van der Waals surface area (Å²) in [5, 5.41) is 3.09. The number of hydrogen-bond donors (Lipinski definition) is 1. The zero-order chi connectivity index (χ0) is 20.3. The van der Waals surface area contributed by atoms with Crippen LogP contribution in [0.4, 0.5) is 5.13 Å². The number of rotatable bonds is 7. The Bertz CT molecular complexity index is 1110. The number of anilines is 1. The molecular formula is C18H20N4O4S2. The molecule has 0 aliphatic rings. The Morgan fingerprint density at radius 1 is 1.29 bits per heavy atom. The van der Waals surface area contributed by atoms with Crippen LogP contribution in [0.25, 0.3) is 10.2 Å². The van der Waals surface area contributed by atoms with Gasteiger partial charge in [-0.1, -0.05) is 18.3 Å². The summed E-state index contributed by atoms with van der Waals surface area (Å²) < 4.78 is 32.3. The van der Waals surface area contributed by atoms with E-state index in [1.807, 2.05) is 6.92 Å². The molecule has 0 atom stereocenters. The highest BCUT2D eigenvalue weighted by molar-refractivity contribution is 7.89. The quantitative estimate of drug-likeness (QED) is 0.630. The molecule has 1 amide bonds. The molecule has 2 heterocycles. The summed E-state index contributed by atoms with van der Waals surface area (Å²) in [6.45, 7) is 4.34. The second-order valence-electron chi connectivity index (χ2n) is 5.81. The van der Waals surface area contributed by atoms with Gasteiger partial charge in [0, 0.05) is 19.8 Å². The number of pyridine rings is 1. The number of aromatic nitrogens is 2. The number of carbonyl (C=O) groups excluding carboxylic acids is 1. The molecule has 0 spiro atoms. The molecule has 1 N–H and O–H groups in total. The van der Waals surface area contributed by atoms with E-state index >= 15 is 0 Å². The van der Waals surface area contributed by atoms with E-state index < -0.39 is 15.9 Å². The summed E-state index contributed by atoms with van der Waals surface area (Å²) in [5.41, 5.74) is 0.908. The normalized spacial score (nSPS) is 11.7. The first-order chi connectivity index (χ1) is 13.4. The van der Waals surface area contributed by atoms with E-state index in [-0.39, 0.29) is 10.8 Å². The van der Waals surface area contributed by atoms with Crippen LogP contribution in [-0.2, 0) is 10.0 Å². The van der Waals surface area contributed by atoms with Gasteiger partial charge in [0.25, 0.3) is 5.91 Å². The summed E-state index contributed by atoms with van der Waals surface area (Å²) in [4.78, 5) is 21.2. The predicted molar refractivity (Wildman–Crippen MR) is 108 cm³/mol. The van der Waals surface area contributed by atoms with Crippen molar-refractivity contribution >= 4 is 42.6 Å². The van der Waals surface area contributed by atoms with Crippen LogP contribution in [0.15, 0.2) is 41.4 Å². The number of nitrogens with one attached hydrogen (secondary N) is 1. The monoisotopic (exact) mass is 420 g/mol. The number of amides is 1. The largest absolute Gasteiger partial charge is 0.477 e. The van der Waals surface area contributed by atoms with Crippen LogP contribution in [0.3, 0.4) is 0 Å². The number of nitrogens with zero attached hydrogens (tertiary/aromatic N) is 3. The van der Waals surface area contributed by atoms with Gasteiger partial charge in [0.2, 0.25) is 15.9 Å². The SMILES string of the molecule is CCOc1ncccc1C(=O)Nc1nc2ccc(S(=O)(=O)N(C)CC)cc2s1. The number of thiazole rings is 1. The first kappa shape index (κ1) is 20.2. The Hall–Kier alpha value is -2.56. The molecule has 8 nitrogen and oxygen atoms in total. The maximum absolute atomic E-state index is 12.6. The molecule has 2 aromatic heterocycles. The third kappa shape index (κ3) is 3.98. The first-order valence-electron chi connectivity index (χ1n) is 8.63. The van der Waals surface area contributed by atoms with Crippen LogP contribution in [0.2, 0.25) is 0 Å². The fourth-order valence-electron chi connectivity index (χ4n) is 2.45. The minimum absolute atomic E-state index is 0.191. The molecule has 0 aliphatic heterocycles. The van der Waals surface area contributed by atoms with Gasteiger partial charge in [0.1, 0.15) is 5.56 Å². The van der Waals surface area contributed by atoms with E-state index in [1.165, 1.54) is 28.8 Å². The van der Waals surface area contributed by atoms with Gasteiger partial charge in [0.05, 0.1) is 21.7 Å². The highest BCUT2D eigenvalue weighted by atomic mass is 32.2. The third-order valence-corrected chi connectivity index (χ3v) is 6.89. The lowest BCUT2D eigenvalue weighted by atomic mass is 10.2. The number of ether oxygens (including phenoxy) is 1. The van der Waals surface area contributed by atoms with Crippen molar-refractivity contribution in [3.8, 4) is 5.88 Å². The van der Waals surface area contributed by atoms with Crippen LogP contribution >= 0.6 is 11.3 Å². The predicted octanol–water partition coefficient (Wildman–Crippen LogP) is 2.98. The Kier molecular flexibility index (Phi) is 5.92. The van der Waals surface area contributed by atoms with E-state index in [0.717, 1.165) is 0 Å². The van der Waals surface area contributed by atoms with Crippen LogP contribution in [0.5, 0.6) is 5.88 Å². The lowest BCUT2D eigenvalue weighted by Crippen LogP contribution is -2.26. The summed E-state index contributed by atoms with van der Waals surface area (Å²) in [6.07, 6.45) is 1.55. The summed E-state index contributed by atoms with van der Waals surface area (Å²) in [7, 11) is -2.02. The number of sulfonamides is 1. The molecule has 0 saturated heterocycles. The minimum Gasteiger partial charge on any atom is -0.477 e. The Balaban J connectivity index is 1.88. The van der Waals surface area contributed by atoms with E-state index in [4.69, 9.17) is 4.74 Å². The first-order valence-corrected chi connectivity index (χ1v) is 10.9. The van der Waals surface area contributed by atoms with E-state index in [0.29, 0.717) is 34.1 Å². The molecule has 0 fully saturated rings. The fourth-order valence-corrected chi connectivity index (χ4v) is 4.63. The van der Waals surface area contributed by atoms with Crippen molar-refractivity contribution in [2.75, 3.05) is 25.5 Å². The van der Waals surface area contributed by atoms with Crippen LogP contribution in [0.1, 0.15) is 24.2 Å². The van der Waals surface area contributed by atoms with Crippen molar-refractivity contribution < 1.29 is 17.9 Å². The second-order valence-corrected chi connectivity index (χ2v) is 8.89.